The van der Waals surface area contributed by atoms with E-state index in [4.69, 9.17) is 5.11 Å². The molecule has 0 fully saturated rings. The van der Waals surface area contributed by atoms with E-state index in [2.05, 4.69) is 24.1 Å². The van der Waals surface area contributed by atoms with Gasteiger partial charge in [-0.05, 0) is 44.5 Å². The van der Waals surface area contributed by atoms with Crippen molar-refractivity contribution in [1.29, 1.82) is 0 Å². The first-order valence-corrected chi connectivity index (χ1v) is 7.06. The molecule has 1 aromatic rings. The second kappa shape index (κ2) is 8.55. The van der Waals surface area contributed by atoms with Crippen LogP contribution < -0.4 is 10.2 Å². The number of anilines is 1. The van der Waals surface area contributed by atoms with Crippen LogP contribution in [0.2, 0.25) is 0 Å². The first-order valence-electron chi connectivity index (χ1n) is 7.06. The third-order valence-corrected chi connectivity index (χ3v) is 3.29. The molecule has 0 radical (unpaired) electrons. The van der Waals surface area contributed by atoms with E-state index in [0.717, 1.165) is 24.3 Å². The fourth-order valence-corrected chi connectivity index (χ4v) is 2.14. The number of carboxylic acids is 1. The number of benzene rings is 1. The standard InChI is InChI=1S/C15H24N2O3/c1-3-17(4-2)13-8-6-12(7-9-13)14(15(19)20)16-10-5-11-18/h6-9,14,16,18H,3-5,10-11H2,1-2H3,(H,19,20). The van der Waals surface area contributed by atoms with Crippen LogP contribution >= 0.6 is 0 Å². The normalized spacial score (nSPS) is 12.2. The molecule has 5 heteroatoms. The van der Waals surface area contributed by atoms with Gasteiger partial charge in [-0.1, -0.05) is 12.1 Å². The summed E-state index contributed by atoms with van der Waals surface area (Å²) in [7, 11) is 0. The van der Waals surface area contributed by atoms with E-state index in [1.807, 2.05) is 24.3 Å². The summed E-state index contributed by atoms with van der Waals surface area (Å²) in [5.74, 6) is -0.904. The maximum Gasteiger partial charge on any atom is 0.325 e. The molecule has 0 spiro atoms. The molecule has 0 amide bonds. The van der Waals surface area contributed by atoms with Crippen molar-refractivity contribution in [1.82, 2.24) is 5.32 Å². The molecule has 0 aliphatic carbocycles. The van der Waals surface area contributed by atoms with Gasteiger partial charge in [-0.3, -0.25) is 4.79 Å². The smallest absolute Gasteiger partial charge is 0.325 e. The Balaban J connectivity index is 2.79. The molecular weight excluding hydrogens is 256 g/mol. The maximum absolute atomic E-state index is 11.3. The summed E-state index contributed by atoms with van der Waals surface area (Å²) in [5.41, 5.74) is 1.82. The molecule has 1 atom stereocenters. The molecule has 0 saturated heterocycles. The summed E-state index contributed by atoms with van der Waals surface area (Å²) >= 11 is 0. The van der Waals surface area contributed by atoms with E-state index in [1.54, 1.807) is 0 Å². The molecule has 0 bridgehead atoms. The van der Waals surface area contributed by atoms with Crippen LogP contribution in [0.5, 0.6) is 0 Å². The molecule has 20 heavy (non-hydrogen) atoms. The third-order valence-electron chi connectivity index (χ3n) is 3.29. The number of nitrogens with zero attached hydrogens (tertiary/aromatic N) is 1. The lowest BCUT2D eigenvalue weighted by Gasteiger charge is -2.22. The summed E-state index contributed by atoms with van der Waals surface area (Å²) in [6.07, 6.45) is 0.543. The van der Waals surface area contributed by atoms with Crippen LogP contribution in [-0.4, -0.2) is 42.4 Å². The third kappa shape index (κ3) is 4.51. The van der Waals surface area contributed by atoms with Gasteiger partial charge in [0, 0.05) is 25.4 Å². The quantitative estimate of drug-likeness (QED) is 0.600. The number of aliphatic carboxylic acids is 1. The Hall–Kier alpha value is -1.59. The van der Waals surface area contributed by atoms with Crippen molar-refractivity contribution in [3.8, 4) is 0 Å². The number of aliphatic hydroxyl groups is 1. The molecule has 1 rings (SSSR count). The van der Waals surface area contributed by atoms with Crippen LogP contribution in [0.1, 0.15) is 31.9 Å². The van der Waals surface area contributed by atoms with Crippen LogP contribution in [0.25, 0.3) is 0 Å². The van der Waals surface area contributed by atoms with Crippen LogP contribution in [0.3, 0.4) is 0 Å². The lowest BCUT2D eigenvalue weighted by atomic mass is 10.1. The highest BCUT2D eigenvalue weighted by Crippen LogP contribution is 2.19. The molecule has 0 saturated carbocycles. The molecule has 0 heterocycles. The molecular formula is C15H24N2O3. The van der Waals surface area contributed by atoms with E-state index in [1.165, 1.54) is 0 Å². The van der Waals surface area contributed by atoms with Gasteiger partial charge in [0.15, 0.2) is 0 Å². The highest BCUT2D eigenvalue weighted by atomic mass is 16.4. The summed E-state index contributed by atoms with van der Waals surface area (Å²) < 4.78 is 0. The molecule has 5 nitrogen and oxygen atoms in total. The zero-order valence-electron chi connectivity index (χ0n) is 12.2. The van der Waals surface area contributed by atoms with Crippen molar-refractivity contribution in [3.05, 3.63) is 29.8 Å². The Bertz CT molecular complexity index is 402. The van der Waals surface area contributed by atoms with Crippen LogP contribution in [0.15, 0.2) is 24.3 Å². The van der Waals surface area contributed by atoms with E-state index in [-0.39, 0.29) is 6.61 Å². The van der Waals surface area contributed by atoms with E-state index < -0.39 is 12.0 Å². The number of hydrogen-bond donors (Lipinski definition) is 3. The number of nitrogens with one attached hydrogen (secondary N) is 1. The minimum atomic E-state index is -0.904. The lowest BCUT2D eigenvalue weighted by molar-refractivity contribution is -0.139. The summed E-state index contributed by atoms with van der Waals surface area (Å²) in [5, 5.41) is 20.9. The average Bonchev–Trinajstić information content (AvgIpc) is 2.45. The zero-order chi connectivity index (χ0) is 15.0. The largest absolute Gasteiger partial charge is 0.480 e. The van der Waals surface area contributed by atoms with Crippen molar-refractivity contribution < 1.29 is 15.0 Å². The summed E-state index contributed by atoms with van der Waals surface area (Å²) in [6, 6.07) is 6.86. The van der Waals surface area contributed by atoms with Crippen molar-refractivity contribution in [2.75, 3.05) is 31.1 Å². The predicted molar refractivity (Wildman–Crippen MR) is 80.1 cm³/mol. The van der Waals surface area contributed by atoms with Crippen LogP contribution in [0.4, 0.5) is 5.69 Å². The fourth-order valence-electron chi connectivity index (χ4n) is 2.14. The highest BCUT2D eigenvalue weighted by molar-refractivity contribution is 5.75. The molecule has 1 unspecified atom stereocenters. The molecule has 0 aliphatic heterocycles. The number of aliphatic hydroxyl groups excluding tert-OH is 1. The maximum atomic E-state index is 11.3. The van der Waals surface area contributed by atoms with Gasteiger partial charge in [0.05, 0.1) is 0 Å². The number of rotatable bonds is 9. The van der Waals surface area contributed by atoms with Gasteiger partial charge >= 0.3 is 5.97 Å². The fraction of sp³-hybridized carbons (Fsp3) is 0.533. The number of hydrogen-bond acceptors (Lipinski definition) is 4. The predicted octanol–water partition coefficient (Wildman–Crippen LogP) is 1.63. The van der Waals surface area contributed by atoms with Gasteiger partial charge in [0.1, 0.15) is 6.04 Å². The second-order valence-electron chi connectivity index (χ2n) is 4.57. The van der Waals surface area contributed by atoms with Gasteiger partial charge in [0.25, 0.3) is 0 Å². The first kappa shape index (κ1) is 16.5. The number of carboxylic acid groups (broad SMARTS) is 1. The number of carbonyl (C=O) groups is 1. The van der Waals surface area contributed by atoms with Crippen molar-refractivity contribution in [2.24, 2.45) is 0 Å². The average molecular weight is 280 g/mol. The monoisotopic (exact) mass is 280 g/mol. The summed E-state index contributed by atoms with van der Waals surface area (Å²) in [6.45, 7) is 6.56. The Morgan fingerprint density at radius 3 is 2.30 bits per heavy atom. The molecule has 3 N–H and O–H groups in total. The van der Waals surface area contributed by atoms with E-state index in [0.29, 0.717) is 13.0 Å². The highest BCUT2D eigenvalue weighted by Gasteiger charge is 2.18. The molecule has 0 aliphatic rings. The topological polar surface area (TPSA) is 72.8 Å². The van der Waals surface area contributed by atoms with Gasteiger partial charge in [-0.25, -0.2) is 0 Å². The van der Waals surface area contributed by atoms with Crippen molar-refractivity contribution in [3.63, 3.8) is 0 Å². The summed E-state index contributed by atoms with van der Waals surface area (Å²) in [4.78, 5) is 13.5. The Kier molecular flexibility index (Phi) is 7.04. The Labute approximate surface area is 120 Å². The molecule has 0 aromatic heterocycles. The van der Waals surface area contributed by atoms with Gasteiger partial charge in [-0.2, -0.15) is 0 Å². The van der Waals surface area contributed by atoms with Gasteiger partial charge < -0.3 is 20.4 Å². The van der Waals surface area contributed by atoms with E-state index >= 15 is 0 Å². The molecule has 112 valence electrons. The van der Waals surface area contributed by atoms with Gasteiger partial charge in [-0.15, -0.1) is 0 Å². The first-order chi connectivity index (χ1) is 9.63. The molecule has 1 aromatic carbocycles. The van der Waals surface area contributed by atoms with E-state index in [9.17, 15) is 9.90 Å². The Morgan fingerprint density at radius 1 is 1.25 bits per heavy atom. The SMILES string of the molecule is CCN(CC)c1ccc(C(NCCCO)C(=O)O)cc1. The zero-order valence-corrected chi connectivity index (χ0v) is 12.2. The minimum Gasteiger partial charge on any atom is -0.480 e. The Morgan fingerprint density at radius 2 is 1.85 bits per heavy atom. The van der Waals surface area contributed by atoms with Crippen LogP contribution in [0, 0.1) is 0 Å². The van der Waals surface area contributed by atoms with Crippen molar-refractivity contribution in [2.45, 2.75) is 26.3 Å². The van der Waals surface area contributed by atoms with Crippen LogP contribution in [-0.2, 0) is 4.79 Å². The van der Waals surface area contributed by atoms with Gasteiger partial charge in [0.2, 0.25) is 0 Å². The lowest BCUT2D eigenvalue weighted by Crippen LogP contribution is -2.29. The second-order valence-corrected chi connectivity index (χ2v) is 4.57. The minimum absolute atomic E-state index is 0.0558. The van der Waals surface area contributed by atoms with Crippen molar-refractivity contribution >= 4 is 11.7 Å².